The van der Waals surface area contributed by atoms with Gasteiger partial charge in [-0.1, -0.05) is 24.3 Å². The molecule has 1 heterocycles. The Morgan fingerprint density at radius 1 is 1.06 bits per heavy atom. The van der Waals surface area contributed by atoms with E-state index in [0.717, 1.165) is 17.7 Å². The molecule has 1 aliphatic heterocycles. The summed E-state index contributed by atoms with van der Waals surface area (Å²) in [5.41, 5.74) is 3.40. The molecule has 0 radical (unpaired) electrons. The highest BCUT2D eigenvalue weighted by atomic mass is 16.5. The predicted octanol–water partition coefficient (Wildman–Crippen LogP) is 4.65. The molecule has 4 rings (SSSR count). The summed E-state index contributed by atoms with van der Waals surface area (Å²) in [6, 6.07) is 23.5. The van der Waals surface area contributed by atoms with Crippen LogP contribution < -0.4 is 15.0 Å². The molecule has 0 saturated carbocycles. The molecule has 1 N–H and O–H groups in total. The summed E-state index contributed by atoms with van der Waals surface area (Å²) >= 11 is 0. The van der Waals surface area contributed by atoms with Crippen LogP contribution in [0, 0.1) is 11.3 Å². The molecule has 166 valence electrons. The molecule has 3 amide bonds. The molecular weight excluding hydrogens is 416 g/mol. The van der Waals surface area contributed by atoms with Crippen molar-refractivity contribution in [2.75, 3.05) is 30.4 Å². The van der Waals surface area contributed by atoms with E-state index in [-0.39, 0.29) is 11.9 Å². The number of amides is 3. The van der Waals surface area contributed by atoms with Crippen LogP contribution in [0.3, 0.4) is 0 Å². The lowest BCUT2D eigenvalue weighted by Crippen LogP contribution is -2.49. The fraction of sp³-hybridized carbons (Fsp3) is 0.192. The van der Waals surface area contributed by atoms with Crippen LogP contribution in [0.15, 0.2) is 72.8 Å². The number of nitriles is 1. The number of hydrogen-bond donors (Lipinski definition) is 1. The van der Waals surface area contributed by atoms with Crippen molar-refractivity contribution >= 4 is 23.3 Å². The second-order valence-electron chi connectivity index (χ2n) is 7.75. The van der Waals surface area contributed by atoms with Gasteiger partial charge in [0, 0.05) is 36.6 Å². The van der Waals surface area contributed by atoms with Crippen LogP contribution in [0.5, 0.6) is 5.75 Å². The van der Waals surface area contributed by atoms with E-state index in [0.29, 0.717) is 42.2 Å². The average molecular weight is 441 g/mol. The van der Waals surface area contributed by atoms with E-state index in [1.165, 1.54) is 0 Å². The van der Waals surface area contributed by atoms with Gasteiger partial charge in [-0.15, -0.1) is 0 Å². The number of ether oxygens (including phenoxy) is 1. The number of nitrogens with zero attached hydrogens (tertiary/aromatic N) is 3. The van der Waals surface area contributed by atoms with Crippen LogP contribution in [-0.2, 0) is 6.54 Å². The first-order valence-electron chi connectivity index (χ1n) is 10.7. The van der Waals surface area contributed by atoms with Gasteiger partial charge < -0.3 is 15.0 Å². The molecule has 1 fully saturated rings. The van der Waals surface area contributed by atoms with Crippen molar-refractivity contribution in [3.63, 3.8) is 0 Å². The van der Waals surface area contributed by atoms with Crippen molar-refractivity contribution in [2.45, 2.75) is 13.0 Å². The zero-order chi connectivity index (χ0) is 23.2. The molecule has 3 aromatic rings. The molecule has 1 aliphatic rings. The van der Waals surface area contributed by atoms with Gasteiger partial charge in [0.15, 0.2) is 0 Å². The summed E-state index contributed by atoms with van der Waals surface area (Å²) in [7, 11) is 1.56. The first kappa shape index (κ1) is 21.9. The smallest absolute Gasteiger partial charge is 0.324 e. The number of methoxy groups -OCH3 is 1. The number of anilines is 2. The lowest BCUT2D eigenvalue weighted by molar-refractivity contribution is 0.102. The van der Waals surface area contributed by atoms with Crippen molar-refractivity contribution in [2.24, 2.45) is 0 Å². The second kappa shape index (κ2) is 9.88. The molecule has 0 aromatic heterocycles. The van der Waals surface area contributed by atoms with Gasteiger partial charge in [0.1, 0.15) is 5.75 Å². The van der Waals surface area contributed by atoms with Crippen molar-refractivity contribution < 1.29 is 14.3 Å². The molecule has 3 aromatic carbocycles. The van der Waals surface area contributed by atoms with Gasteiger partial charge in [-0.2, -0.15) is 5.26 Å². The molecule has 1 saturated heterocycles. The number of nitrogens with one attached hydrogen (secondary N) is 1. The fourth-order valence-electron chi connectivity index (χ4n) is 3.79. The SMILES string of the molecule is COc1cccc(C(=O)Nc2cccc(N3CCCN(Cc4ccc(C#N)cc4)C3=O)c2)c1. The predicted molar refractivity (Wildman–Crippen MR) is 126 cm³/mol. The fourth-order valence-corrected chi connectivity index (χ4v) is 3.79. The van der Waals surface area contributed by atoms with Crippen molar-refractivity contribution in [3.8, 4) is 11.8 Å². The Balaban J connectivity index is 1.47. The molecule has 33 heavy (non-hydrogen) atoms. The zero-order valence-corrected chi connectivity index (χ0v) is 18.3. The van der Waals surface area contributed by atoms with Gasteiger partial charge in [0.05, 0.1) is 18.7 Å². The Hall–Kier alpha value is -4.31. The Kier molecular flexibility index (Phi) is 6.56. The van der Waals surface area contributed by atoms with Crippen molar-refractivity contribution in [1.29, 1.82) is 5.26 Å². The summed E-state index contributed by atoms with van der Waals surface area (Å²) in [6.07, 6.45) is 0.836. The molecule has 0 bridgehead atoms. The third-order valence-corrected chi connectivity index (χ3v) is 5.52. The topological polar surface area (TPSA) is 85.7 Å². The van der Waals surface area contributed by atoms with Crippen LogP contribution >= 0.6 is 0 Å². The highest BCUT2D eigenvalue weighted by Crippen LogP contribution is 2.25. The molecule has 0 spiro atoms. The first-order valence-corrected chi connectivity index (χ1v) is 10.7. The van der Waals surface area contributed by atoms with Gasteiger partial charge in [-0.05, 0) is 60.5 Å². The largest absolute Gasteiger partial charge is 0.497 e. The number of urea groups is 1. The quantitative estimate of drug-likeness (QED) is 0.605. The maximum absolute atomic E-state index is 13.2. The summed E-state index contributed by atoms with van der Waals surface area (Å²) in [5.74, 6) is 0.358. The average Bonchev–Trinajstić information content (AvgIpc) is 2.86. The lowest BCUT2D eigenvalue weighted by Gasteiger charge is -2.36. The molecule has 0 aliphatic carbocycles. The van der Waals surface area contributed by atoms with Gasteiger partial charge in [-0.25, -0.2) is 4.79 Å². The van der Waals surface area contributed by atoms with Gasteiger partial charge >= 0.3 is 6.03 Å². The maximum atomic E-state index is 13.2. The van der Waals surface area contributed by atoms with E-state index in [1.54, 1.807) is 65.4 Å². The van der Waals surface area contributed by atoms with E-state index in [2.05, 4.69) is 11.4 Å². The van der Waals surface area contributed by atoms with E-state index >= 15 is 0 Å². The maximum Gasteiger partial charge on any atom is 0.324 e. The van der Waals surface area contributed by atoms with Gasteiger partial charge in [-0.3, -0.25) is 9.69 Å². The Bertz CT molecular complexity index is 1200. The van der Waals surface area contributed by atoms with Crippen molar-refractivity contribution in [3.05, 3.63) is 89.5 Å². The molecule has 7 heteroatoms. The number of carbonyl (C=O) groups excluding carboxylic acids is 2. The Morgan fingerprint density at radius 2 is 1.85 bits per heavy atom. The van der Waals surface area contributed by atoms with E-state index in [1.807, 2.05) is 24.3 Å². The third-order valence-electron chi connectivity index (χ3n) is 5.52. The Labute approximate surface area is 192 Å². The first-order chi connectivity index (χ1) is 16.1. The van der Waals surface area contributed by atoms with Crippen molar-refractivity contribution in [1.82, 2.24) is 4.90 Å². The third kappa shape index (κ3) is 5.13. The summed E-state index contributed by atoms with van der Waals surface area (Å²) < 4.78 is 5.19. The summed E-state index contributed by atoms with van der Waals surface area (Å²) in [6.45, 7) is 1.75. The number of hydrogen-bond acceptors (Lipinski definition) is 4. The van der Waals surface area contributed by atoms with Crippen LogP contribution in [0.2, 0.25) is 0 Å². The number of carbonyl (C=O) groups is 2. The lowest BCUT2D eigenvalue weighted by atomic mass is 10.1. The van der Waals surface area contributed by atoms with Gasteiger partial charge in [0.25, 0.3) is 5.91 Å². The van der Waals surface area contributed by atoms with Crippen LogP contribution in [-0.4, -0.2) is 37.0 Å². The van der Waals surface area contributed by atoms with Crippen LogP contribution in [0.4, 0.5) is 16.2 Å². The zero-order valence-electron chi connectivity index (χ0n) is 18.3. The minimum absolute atomic E-state index is 0.0816. The summed E-state index contributed by atoms with van der Waals surface area (Å²) in [4.78, 5) is 29.4. The Morgan fingerprint density at radius 3 is 2.61 bits per heavy atom. The standard InChI is InChI=1S/C26H24N4O3/c1-33-24-8-2-5-21(15-24)25(31)28-22-6-3-7-23(16-22)30-14-4-13-29(26(30)32)18-20-11-9-19(17-27)10-12-20/h2-3,5-12,15-16H,4,13-14,18H2,1H3,(H,28,31). The molecular formula is C26H24N4O3. The molecule has 0 unspecified atom stereocenters. The molecule has 0 atom stereocenters. The highest BCUT2D eigenvalue weighted by molar-refractivity contribution is 6.05. The van der Waals surface area contributed by atoms with E-state index in [9.17, 15) is 9.59 Å². The second-order valence-corrected chi connectivity index (χ2v) is 7.75. The molecule has 7 nitrogen and oxygen atoms in total. The van der Waals surface area contributed by atoms with E-state index in [4.69, 9.17) is 10.00 Å². The van der Waals surface area contributed by atoms with Crippen LogP contribution in [0.25, 0.3) is 0 Å². The van der Waals surface area contributed by atoms with Crippen LogP contribution in [0.1, 0.15) is 27.9 Å². The number of rotatable bonds is 6. The van der Waals surface area contributed by atoms with E-state index < -0.39 is 0 Å². The minimum Gasteiger partial charge on any atom is -0.497 e. The normalized spacial score (nSPS) is 13.4. The highest BCUT2D eigenvalue weighted by Gasteiger charge is 2.27. The van der Waals surface area contributed by atoms with Gasteiger partial charge in [0.2, 0.25) is 0 Å². The summed E-state index contributed by atoms with van der Waals surface area (Å²) in [5, 5.41) is 11.9. The monoisotopic (exact) mass is 440 g/mol. The number of benzene rings is 3. The minimum atomic E-state index is -0.251.